The van der Waals surface area contributed by atoms with E-state index in [1.165, 1.54) is 103 Å². The number of hydrogen-bond acceptors (Lipinski definition) is 3. The lowest BCUT2D eigenvalue weighted by atomic mass is 9.82. The molecule has 0 aromatic heterocycles. The molecule has 6 heteroatoms. The highest BCUT2D eigenvalue weighted by molar-refractivity contribution is 14.0. The van der Waals surface area contributed by atoms with Crippen LogP contribution in [0.1, 0.15) is 57.8 Å². The summed E-state index contributed by atoms with van der Waals surface area (Å²) in [5, 5.41) is 3.86. The van der Waals surface area contributed by atoms with Gasteiger partial charge in [0, 0.05) is 32.2 Å². The van der Waals surface area contributed by atoms with E-state index in [2.05, 4.69) is 27.1 Å². The second kappa shape index (κ2) is 10.3. The van der Waals surface area contributed by atoms with Gasteiger partial charge >= 0.3 is 0 Å². The average Bonchev–Trinajstić information content (AvgIpc) is 3.15. The van der Waals surface area contributed by atoms with Gasteiger partial charge in [-0.1, -0.05) is 19.3 Å². The Hall–Kier alpha value is -0.0800. The van der Waals surface area contributed by atoms with E-state index in [9.17, 15) is 0 Å². The number of likely N-dealkylation sites (tertiary alicyclic amines) is 3. The summed E-state index contributed by atoms with van der Waals surface area (Å²) < 4.78 is 0. The summed E-state index contributed by atoms with van der Waals surface area (Å²) in [7, 11) is 4.25. The first-order valence-corrected chi connectivity index (χ1v) is 11.6. The highest BCUT2D eigenvalue weighted by Gasteiger charge is 2.41. The van der Waals surface area contributed by atoms with Gasteiger partial charge in [-0.15, -0.1) is 24.0 Å². The Balaban J connectivity index is 0.00000225. The minimum absolute atomic E-state index is 0. The molecule has 4 aliphatic rings. The molecule has 3 heterocycles. The molecule has 0 aromatic carbocycles. The molecule has 1 N–H and O–H groups in total. The average molecular weight is 504 g/mol. The van der Waals surface area contributed by atoms with Crippen LogP contribution in [0.5, 0.6) is 0 Å². The Morgan fingerprint density at radius 1 is 0.929 bits per heavy atom. The van der Waals surface area contributed by atoms with Crippen LogP contribution in [0.3, 0.4) is 0 Å². The van der Waals surface area contributed by atoms with Gasteiger partial charge in [-0.2, -0.15) is 0 Å². The standard InChI is InChI=1S/C22H41N5.HI/c1-23-21(26-16-19-8-4-5-9-20(19)17-26)24-18-22(10-14-25(2)15-11-22)27-12-6-3-7-13-27;/h19-20H,3-18H2,1-2H3,(H,23,24);1H. The maximum Gasteiger partial charge on any atom is 0.193 e. The molecule has 3 saturated heterocycles. The van der Waals surface area contributed by atoms with Crippen molar-refractivity contribution in [3.63, 3.8) is 0 Å². The molecule has 1 aliphatic carbocycles. The maximum absolute atomic E-state index is 4.71. The van der Waals surface area contributed by atoms with Crippen LogP contribution in [-0.2, 0) is 0 Å². The van der Waals surface area contributed by atoms with E-state index in [0.717, 1.165) is 18.4 Å². The monoisotopic (exact) mass is 503 g/mol. The lowest BCUT2D eigenvalue weighted by molar-refractivity contribution is 0.0170. The fourth-order valence-corrected chi connectivity index (χ4v) is 6.16. The van der Waals surface area contributed by atoms with Gasteiger partial charge in [0.2, 0.25) is 0 Å². The Morgan fingerprint density at radius 2 is 1.54 bits per heavy atom. The third kappa shape index (κ3) is 4.97. The van der Waals surface area contributed by atoms with Crippen molar-refractivity contribution in [2.24, 2.45) is 16.8 Å². The van der Waals surface area contributed by atoms with Gasteiger partial charge in [0.15, 0.2) is 5.96 Å². The van der Waals surface area contributed by atoms with Crippen LogP contribution in [0.2, 0.25) is 0 Å². The van der Waals surface area contributed by atoms with Crippen LogP contribution in [-0.4, -0.2) is 86.1 Å². The number of nitrogens with one attached hydrogen (secondary N) is 1. The molecule has 2 unspecified atom stereocenters. The number of halogens is 1. The molecule has 0 aromatic rings. The number of rotatable bonds is 3. The SMILES string of the molecule is CN=C(NCC1(N2CCCCC2)CCN(C)CC1)N1CC2CCCCC2C1.I. The molecule has 0 spiro atoms. The number of guanidine groups is 1. The first kappa shape index (κ1) is 22.6. The zero-order chi connectivity index (χ0) is 18.7. The summed E-state index contributed by atoms with van der Waals surface area (Å²) in [6.45, 7) is 8.55. The van der Waals surface area contributed by atoms with E-state index < -0.39 is 0 Å². The van der Waals surface area contributed by atoms with Crippen LogP contribution in [0.15, 0.2) is 4.99 Å². The summed E-state index contributed by atoms with van der Waals surface area (Å²) in [6.07, 6.45) is 12.5. The number of aliphatic imine (C=N–C) groups is 1. The fraction of sp³-hybridized carbons (Fsp3) is 0.955. The normalized spacial score (nSPS) is 31.9. The molecular weight excluding hydrogens is 461 g/mol. The van der Waals surface area contributed by atoms with Gasteiger partial charge in [-0.25, -0.2) is 0 Å². The van der Waals surface area contributed by atoms with Gasteiger partial charge in [-0.05, 0) is 83.6 Å². The molecule has 2 atom stereocenters. The summed E-state index contributed by atoms with van der Waals surface area (Å²) in [5.41, 5.74) is 0.329. The lowest BCUT2D eigenvalue weighted by Crippen LogP contribution is -2.62. The highest BCUT2D eigenvalue weighted by Crippen LogP contribution is 2.36. The number of hydrogen-bond donors (Lipinski definition) is 1. The van der Waals surface area contributed by atoms with Gasteiger partial charge in [0.05, 0.1) is 0 Å². The van der Waals surface area contributed by atoms with E-state index in [1.54, 1.807) is 0 Å². The van der Waals surface area contributed by atoms with Crippen molar-refractivity contribution < 1.29 is 0 Å². The third-order valence-corrected chi connectivity index (χ3v) is 8.01. The first-order valence-electron chi connectivity index (χ1n) is 11.6. The summed E-state index contributed by atoms with van der Waals surface area (Å²) in [5.74, 6) is 2.99. The van der Waals surface area contributed by atoms with Crippen molar-refractivity contribution in [2.75, 3.05) is 59.9 Å². The molecule has 162 valence electrons. The summed E-state index contributed by atoms with van der Waals surface area (Å²) in [6, 6.07) is 0. The van der Waals surface area contributed by atoms with Crippen molar-refractivity contribution >= 4 is 29.9 Å². The number of nitrogens with zero attached hydrogens (tertiary/aromatic N) is 4. The topological polar surface area (TPSA) is 34.1 Å². The van der Waals surface area contributed by atoms with Crippen molar-refractivity contribution in [3.05, 3.63) is 0 Å². The highest BCUT2D eigenvalue weighted by atomic mass is 127. The van der Waals surface area contributed by atoms with Crippen molar-refractivity contribution in [3.8, 4) is 0 Å². The molecule has 0 radical (unpaired) electrons. The van der Waals surface area contributed by atoms with Gasteiger partial charge in [0.1, 0.15) is 0 Å². The van der Waals surface area contributed by atoms with E-state index in [0.29, 0.717) is 5.54 Å². The molecule has 4 fully saturated rings. The van der Waals surface area contributed by atoms with Crippen LogP contribution < -0.4 is 5.32 Å². The zero-order valence-electron chi connectivity index (χ0n) is 18.2. The molecule has 1 saturated carbocycles. The largest absolute Gasteiger partial charge is 0.354 e. The Morgan fingerprint density at radius 3 is 2.11 bits per heavy atom. The predicted molar refractivity (Wildman–Crippen MR) is 129 cm³/mol. The first-order chi connectivity index (χ1) is 13.2. The smallest absolute Gasteiger partial charge is 0.193 e. The quantitative estimate of drug-likeness (QED) is 0.364. The zero-order valence-corrected chi connectivity index (χ0v) is 20.5. The summed E-state index contributed by atoms with van der Waals surface area (Å²) in [4.78, 5) is 12.6. The van der Waals surface area contributed by atoms with E-state index in [-0.39, 0.29) is 24.0 Å². The molecule has 3 aliphatic heterocycles. The lowest BCUT2D eigenvalue weighted by Gasteiger charge is -2.50. The van der Waals surface area contributed by atoms with Crippen LogP contribution in [0.4, 0.5) is 0 Å². The molecule has 0 amide bonds. The number of piperidine rings is 2. The molecule has 5 nitrogen and oxygen atoms in total. The van der Waals surface area contributed by atoms with Gasteiger partial charge < -0.3 is 15.1 Å². The molecule has 28 heavy (non-hydrogen) atoms. The maximum atomic E-state index is 4.71. The van der Waals surface area contributed by atoms with Crippen LogP contribution in [0, 0.1) is 11.8 Å². The second-order valence-corrected chi connectivity index (χ2v) is 9.69. The van der Waals surface area contributed by atoms with E-state index >= 15 is 0 Å². The van der Waals surface area contributed by atoms with Crippen LogP contribution >= 0.6 is 24.0 Å². The van der Waals surface area contributed by atoms with Crippen molar-refractivity contribution in [1.82, 2.24) is 20.0 Å². The Kier molecular flexibility index (Phi) is 8.31. The molecular formula is C22H42IN5. The van der Waals surface area contributed by atoms with Gasteiger partial charge in [0.25, 0.3) is 0 Å². The summed E-state index contributed by atoms with van der Waals surface area (Å²) >= 11 is 0. The fourth-order valence-electron chi connectivity index (χ4n) is 6.16. The minimum Gasteiger partial charge on any atom is -0.354 e. The van der Waals surface area contributed by atoms with E-state index in [1.807, 2.05) is 7.05 Å². The van der Waals surface area contributed by atoms with Crippen LogP contribution in [0.25, 0.3) is 0 Å². The second-order valence-electron chi connectivity index (χ2n) is 9.69. The molecule has 0 bridgehead atoms. The minimum atomic E-state index is 0. The molecule has 4 rings (SSSR count). The van der Waals surface area contributed by atoms with E-state index in [4.69, 9.17) is 4.99 Å². The number of fused-ring (bicyclic) bond motifs is 1. The predicted octanol–water partition coefficient (Wildman–Crippen LogP) is 3.25. The Labute approximate surface area is 189 Å². The third-order valence-electron chi connectivity index (χ3n) is 8.01. The van der Waals surface area contributed by atoms with Gasteiger partial charge in [-0.3, -0.25) is 9.89 Å². The Bertz CT molecular complexity index is 497. The van der Waals surface area contributed by atoms with Crippen molar-refractivity contribution in [1.29, 1.82) is 0 Å². The van der Waals surface area contributed by atoms with Crippen molar-refractivity contribution in [2.45, 2.75) is 63.3 Å².